The van der Waals surface area contributed by atoms with E-state index in [2.05, 4.69) is 12.2 Å². The minimum absolute atomic E-state index is 0.0714. The molecule has 2 aromatic carbocycles. The molecule has 1 fully saturated rings. The van der Waals surface area contributed by atoms with E-state index in [1.165, 1.54) is 12.8 Å². The van der Waals surface area contributed by atoms with Crippen molar-refractivity contribution in [2.24, 2.45) is 5.92 Å². The molecule has 1 aliphatic rings. The fraction of sp³-hybridized carbons (Fsp3) is 0.238. The zero-order valence-corrected chi connectivity index (χ0v) is 14.2. The van der Waals surface area contributed by atoms with E-state index < -0.39 is 0 Å². The Kier molecular flexibility index (Phi) is 4.10. The summed E-state index contributed by atoms with van der Waals surface area (Å²) in [6.07, 6.45) is 2.41. The monoisotopic (exact) mass is 331 g/mol. The normalized spacial score (nSPS) is 14.9. The summed E-state index contributed by atoms with van der Waals surface area (Å²) in [5.74, 6) is 0.545. The van der Waals surface area contributed by atoms with Gasteiger partial charge in [-0.3, -0.25) is 4.79 Å². The first kappa shape index (κ1) is 15.6. The molecule has 4 rings (SSSR count). The first-order valence-electron chi connectivity index (χ1n) is 8.74. The van der Waals surface area contributed by atoms with Crippen molar-refractivity contribution in [3.8, 4) is 16.9 Å². The van der Waals surface area contributed by atoms with Gasteiger partial charge >= 0.3 is 0 Å². The smallest absolute Gasteiger partial charge is 0.270 e. The highest BCUT2D eigenvalue weighted by atomic mass is 16.2. The third-order valence-electron chi connectivity index (χ3n) is 4.70. The number of nitrogens with zero attached hydrogens (tertiary/aromatic N) is 2. The fourth-order valence-electron chi connectivity index (χ4n) is 3.05. The molecule has 0 aliphatic heterocycles. The van der Waals surface area contributed by atoms with Crippen LogP contribution in [0.25, 0.3) is 16.9 Å². The van der Waals surface area contributed by atoms with Crippen molar-refractivity contribution in [2.45, 2.75) is 25.8 Å². The van der Waals surface area contributed by atoms with Crippen molar-refractivity contribution in [2.75, 3.05) is 0 Å². The van der Waals surface area contributed by atoms with Crippen molar-refractivity contribution < 1.29 is 4.79 Å². The van der Waals surface area contributed by atoms with Crippen molar-refractivity contribution in [3.05, 3.63) is 72.4 Å². The predicted octanol–water partition coefficient (Wildman–Crippen LogP) is 4.07. The number of carbonyl (C=O) groups is 1. The summed E-state index contributed by atoms with van der Waals surface area (Å²) >= 11 is 0. The van der Waals surface area contributed by atoms with E-state index in [1.807, 2.05) is 66.7 Å². The zero-order valence-electron chi connectivity index (χ0n) is 14.2. The van der Waals surface area contributed by atoms with Crippen LogP contribution < -0.4 is 5.32 Å². The number of aromatic nitrogens is 2. The number of rotatable bonds is 5. The van der Waals surface area contributed by atoms with Gasteiger partial charge in [-0.15, -0.1) is 0 Å². The average Bonchev–Trinajstić information content (AvgIpc) is 3.41. The highest BCUT2D eigenvalue weighted by Gasteiger charge is 2.30. The van der Waals surface area contributed by atoms with Gasteiger partial charge in [0.1, 0.15) is 5.69 Å². The van der Waals surface area contributed by atoms with Crippen LogP contribution in [0.5, 0.6) is 0 Å². The van der Waals surface area contributed by atoms with E-state index in [0.29, 0.717) is 11.6 Å². The second-order valence-electron chi connectivity index (χ2n) is 6.63. The molecule has 0 spiro atoms. The molecule has 0 saturated heterocycles. The van der Waals surface area contributed by atoms with Gasteiger partial charge in [0.25, 0.3) is 5.91 Å². The van der Waals surface area contributed by atoms with Crippen molar-refractivity contribution in [1.29, 1.82) is 0 Å². The molecular formula is C21H21N3O. The van der Waals surface area contributed by atoms with Crippen LogP contribution in [-0.4, -0.2) is 21.7 Å². The molecule has 1 aromatic heterocycles. The van der Waals surface area contributed by atoms with E-state index in [4.69, 9.17) is 5.10 Å². The van der Waals surface area contributed by atoms with Gasteiger partial charge in [-0.1, -0.05) is 48.5 Å². The Hall–Kier alpha value is -2.88. The SMILES string of the molecule is C[C@@H](NC(=O)c1cc(-c2ccccc2)nn1-c1ccccc1)C1CC1. The summed E-state index contributed by atoms with van der Waals surface area (Å²) in [5.41, 5.74) is 3.25. The maximum absolute atomic E-state index is 12.9. The first-order valence-corrected chi connectivity index (χ1v) is 8.74. The van der Waals surface area contributed by atoms with Crippen molar-refractivity contribution in [1.82, 2.24) is 15.1 Å². The number of carbonyl (C=O) groups excluding carboxylic acids is 1. The third kappa shape index (κ3) is 3.33. The molecule has 126 valence electrons. The van der Waals surface area contributed by atoms with Crippen molar-refractivity contribution in [3.63, 3.8) is 0 Å². The van der Waals surface area contributed by atoms with Crippen LogP contribution in [0.15, 0.2) is 66.7 Å². The lowest BCUT2D eigenvalue weighted by Gasteiger charge is -2.13. The van der Waals surface area contributed by atoms with Gasteiger partial charge in [0.15, 0.2) is 0 Å². The van der Waals surface area contributed by atoms with E-state index in [9.17, 15) is 4.79 Å². The molecule has 1 atom stereocenters. The first-order chi connectivity index (χ1) is 12.2. The minimum atomic E-state index is -0.0714. The summed E-state index contributed by atoms with van der Waals surface area (Å²) in [6, 6.07) is 21.8. The second kappa shape index (κ2) is 6.55. The van der Waals surface area contributed by atoms with Crippen LogP contribution in [0, 0.1) is 5.92 Å². The number of nitrogens with one attached hydrogen (secondary N) is 1. The van der Waals surface area contributed by atoms with Gasteiger partial charge in [-0.2, -0.15) is 5.10 Å². The van der Waals surface area contributed by atoms with E-state index in [1.54, 1.807) is 4.68 Å². The Morgan fingerprint density at radius 1 is 1.08 bits per heavy atom. The Morgan fingerprint density at radius 2 is 1.72 bits per heavy atom. The van der Waals surface area contributed by atoms with Crippen LogP contribution in [0.3, 0.4) is 0 Å². The molecule has 25 heavy (non-hydrogen) atoms. The lowest BCUT2D eigenvalue weighted by atomic mass is 10.1. The number of para-hydroxylation sites is 1. The van der Waals surface area contributed by atoms with Gasteiger partial charge in [0, 0.05) is 11.6 Å². The van der Waals surface area contributed by atoms with Gasteiger partial charge in [0.05, 0.1) is 11.4 Å². The van der Waals surface area contributed by atoms with Crippen LogP contribution in [-0.2, 0) is 0 Å². The third-order valence-corrected chi connectivity index (χ3v) is 4.70. The molecule has 0 radical (unpaired) electrons. The lowest BCUT2D eigenvalue weighted by molar-refractivity contribution is 0.0928. The Balaban J connectivity index is 1.72. The fourth-order valence-corrected chi connectivity index (χ4v) is 3.05. The molecule has 4 heteroatoms. The molecule has 4 nitrogen and oxygen atoms in total. The minimum Gasteiger partial charge on any atom is -0.348 e. The van der Waals surface area contributed by atoms with Crippen LogP contribution in [0.2, 0.25) is 0 Å². The maximum Gasteiger partial charge on any atom is 0.270 e. The standard InChI is InChI=1S/C21H21N3O/c1-15(16-12-13-16)22-21(25)20-14-19(17-8-4-2-5-9-17)23-24(20)18-10-6-3-7-11-18/h2-11,14-16H,12-13H2,1H3,(H,22,25)/t15-/m1/s1. The molecular weight excluding hydrogens is 310 g/mol. The number of benzene rings is 2. The highest BCUT2D eigenvalue weighted by molar-refractivity contribution is 5.94. The van der Waals surface area contributed by atoms with Gasteiger partial charge < -0.3 is 5.32 Å². The number of hydrogen-bond acceptors (Lipinski definition) is 2. The van der Waals surface area contributed by atoms with Gasteiger partial charge in [0.2, 0.25) is 0 Å². The molecule has 1 saturated carbocycles. The summed E-state index contributed by atoms with van der Waals surface area (Å²) < 4.78 is 1.73. The summed E-state index contributed by atoms with van der Waals surface area (Å²) in [6.45, 7) is 2.08. The van der Waals surface area contributed by atoms with E-state index in [-0.39, 0.29) is 11.9 Å². The zero-order chi connectivity index (χ0) is 17.2. The van der Waals surface area contributed by atoms with Gasteiger partial charge in [-0.25, -0.2) is 4.68 Å². The Morgan fingerprint density at radius 3 is 2.36 bits per heavy atom. The highest BCUT2D eigenvalue weighted by Crippen LogP contribution is 2.32. The topological polar surface area (TPSA) is 46.9 Å². The van der Waals surface area contributed by atoms with Crippen LogP contribution in [0.1, 0.15) is 30.3 Å². The second-order valence-corrected chi connectivity index (χ2v) is 6.63. The molecule has 0 bridgehead atoms. The molecule has 1 heterocycles. The summed E-state index contributed by atoms with van der Waals surface area (Å²) in [5, 5.41) is 7.83. The molecule has 1 amide bonds. The number of hydrogen-bond donors (Lipinski definition) is 1. The Bertz CT molecular complexity index is 867. The van der Waals surface area contributed by atoms with Crippen LogP contribution >= 0.6 is 0 Å². The Labute approximate surface area is 147 Å². The largest absolute Gasteiger partial charge is 0.348 e. The van der Waals surface area contributed by atoms with E-state index >= 15 is 0 Å². The summed E-state index contributed by atoms with van der Waals surface area (Å²) in [4.78, 5) is 12.9. The average molecular weight is 331 g/mol. The molecule has 0 unspecified atom stereocenters. The van der Waals surface area contributed by atoms with E-state index in [0.717, 1.165) is 16.9 Å². The molecule has 1 N–H and O–H groups in total. The lowest BCUT2D eigenvalue weighted by Crippen LogP contribution is -2.35. The molecule has 1 aliphatic carbocycles. The maximum atomic E-state index is 12.9. The predicted molar refractivity (Wildman–Crippen MR) is 98.7 cm³/mol. The number of amides is 1. The molecule has 3 aromatic rings. The van der Waals surface area contributed by atoms with Crippen LogP contribution in [0.4, 0.5) is 0 Å². The summed E-state index contributed by atoms with van der Waals surface area (Å²) in [7, 11) is 0. The van der Waals surface area contributed by atoms with Gasteiger partial charge in [-0.05, 0) is 43.9 Å². The quantitative estimate of drug-likeness (QED) is 0.766. The van der Waals surface area contributed by atoms with Crippen molar-refractivity contribution >= 4 is 5.91 Å².